The Balaban J connectivity index is 1.55. The number of amides is 1. The molecule has 0 saturated carbocycles. The van der Waals surface area contributed by atoms with E-state index in [1.807, 2.05) is 17.7 Å². The average molecular weight is 326 g/mol. The highest BCUT2D eigenvalue weighted by atomic mass is 16.2. The molecule has 2 heterocycles. The van der Waals surface area contributed by atoms with Gasteiger partial charge in [-0.05, 0) is 37.7 Å². The molecule has 128 valence electrons. The number of aromatic nitrogens is 3. The minimum Gasteiger partial charge on any atom is -0.340 e. The van der Waals surface area contributed by atoms with Crippen LogP contribution in [0, 0.1) is 0 Å². The Bertz CT molecular complexity index is 652. The van der Waals surface area contributed by atoms with Gasteiger partial charge in [0.05, 0.1) is 0 Å². The molecular formula is C19H26N4O. The second kappa shape index (κ2) is 8.08. The molecule has 0 bridgehead atoms. The summed E-state index contributed by atoms with van der Waals surface area (Å²) in [6.45, 7) is 0.900. The third-order valence-corrected chi connectivity index (χ3v) is 4.92. The summed E-state index contributed by atoms with van der Waals surface area (Å²) in [5.41, 5.74) is 1.36. The first-order valence-corrected chi connectivity index (χ1v) is 8.90. The molecule has 1 aliphatic rings. The van der Waals surface area contributed by atoms with Crippen molar-refractivity contribution in [1.82, 2.24) is 19.7 Å². The lowest BCUT2D eigenvalue weighted by Crippen LogP contribution is -2.44. The molecule has 5 heteroatoms. The van der Waals surface area contributed by atoms with Gasteiger partial charge in [0.1, 0.15) is 12.2 Å². The Labute approximate surface area is 143 Å². The molecule has 1 fully saturated rings. The fraction of sp³-hybridized carbons (Fsp3) is 0.526. The van der Waals surface area contributed by atoms with Crippen LogP contribution in [-0.2, 0) is 24.7 Å². The normalized spacial score (nSPS) is 17.9. The van der Waals surface area contributed by atoms with Crippen LogP contribution in [0.25, 0.3) is 0 Å². The van der Waals surface area contributed by atoms with Crippen molar-refractivity contribution in [2.45, 2.75) is 51.0 Å². The molecule has 1 aromatic carbocycles. The van der Waals surface area contributed by atoms with Crippen molar-refractivity contribution in [3.05, 3.63) is 48.0 Å². The number of nitrogens with zero attached hydrogens (tertiary/aromatic N) is 4. The fourth-order valence-electron chi connectivity index (χ4n) is 3.50. The summed E-state index contributed by atoms with van der Waals surface area (Å²) in [6, 6.07) is 10.9. The van der Waals surface area contributed by atoms with E-state index in [4.69, 9.17) is 0 Å². The van der Waals surface area contributed by atoms with Crippen LogP contribution < -0.4 is 0 Å². The van der Waals surface area contributed by atoms with E-state index in [1.165, 1.54) is 12.0 Å². The van der Waals surface area contributed by atoms with Crippen molar-refractivity contribution in [2.75, 3.05) is 6.54 Å². The van der Waals surface area contributed by atoms with Gasteiger partial charge in [0, 0.05) is 32.5 Å². The zero-order chi connectivity index (χ0) is 16.8. The van der Waals surface area contributed by atoms with Crippen molar-refractivity contribution in [3.8, 4) is 0 Å². The van der Waals surface area contributed by atoms with Crippen molar-refractivity contribution in [1.29, 1.82) is 0 Å². The number of piperidine rings is 1. The van der Waals surface area contributed by atoms with Crippen LogP contribution >= 0.6 is 0 Å². The number of hydrogen-bond acceptors (Lipinski definition) is 3. The third kappa shape index (κ3) is 4.22. The molecule has 1 atom stereocenters. The van der Waals surface area contributed by atoms with Crippen LogP contribution in [0.2, 0.25) is 0 Å². The number of carbonyl (C=O) groups excluding carboxylic acids is 1. The minimum atomic E-state index is 0.260. The average Bonchev–Trinajstić information content (AvgIpc) is 3.04. The van der Waals surface area contributed by atoms with Gasteiger partial charge in [-0.25, -0.2) is 0 Å². The molecule has 24 heavy (non-hydrogen) atoms. The van der Waals surface area contributed by atoms with E-state index in [2.05, 4.69) is 39.4 Å². The highest BCUT2D eigenvalue weighted by Gasteiger charge is 2.26. The number of benzene rings is 1. The smallest absolute Gasteiger partial charge is 0.223 e. The maximum atomic E-state index is 12.7. The van der Waals surface area contributed by atoms with Gasteiger partial charge in [-0.2, -0.15) is 0 Å². The summed E-state index contributed by atoms with van der Waals surface area (Å²) in [5.74, 6) is 1.14. The number of carbonyl (C=O) groups is 1. The van der Waals surface area contributed by atoms with Gasteiger partial charge in [-0.1, -0.05) is 30.3 Å². The molecular weight excluding hydrogens is 300 g/mol. The largest absolute Gasteiger partial charge is 0.340 e. The highest BCUT2D eigenvalue weighted by Crippen LogP contribution is 2.22. The van der Waals surface area contributed by atoms with Gasteiger partial charge in [-0.15, -0.1) is 10.2 Å². The van der Waals surface area contributed by atoms with E-state index in [1.54, 1.807) is 6.33 Å². The molecule has 0 radical (unpaired) electrons. The van der Waals surface area contributed by atoms with E-state index < -0.39 is 0 Å². The first-order chi connectivity index (χ1) is 11.7. The lowest BCUT2D eigenvalue weighted by Gasteiger charge is -2.36. The van der Waals surface area contributed by atoms with Gasteiger partial charge < -0.3 is 9.47 Å². The maximum Gasteiger partial charge on any atom is 0.223 e. The van der Waals surface area contributed by atoms with Crippen LogP contribution in [0.4, 0.5) is 0 Å². The summed E-state index contributed by atoms with van der Waals surface area (Å²) in [4.78, 5) is 14.8. The van der Waals surface area contributed by atoms with E-state index in [9.17, 15) is 4.79 Å². The molecule has 0 unspecified atom stereocenters. The van der Waals surface area contributed by atoms with Gasteiger partial charge in [0.15, 0.2) is 0 Å². The number of rotatable bonds is 6. The Hall–Kier alpha value is -2.17. The Morgan fingerprint density at radius 2 is 2.04 bits per heavy atom. The molecule has 1 amide bonds. The van der Waals surface area contributed by atoms with E-state index in [0.717, 1.165) is 38.1 Å². The van der Waals surface area contributed by atoms with Crippen molar-refractivity contribution < 1.29 is 4.79 Å². The molecule has 1 aromatic heterocycles. The molecule has 5 nitrogen and oxygen atoms in total. The Morgan fingerprint density at radius 1 is 1.21 bits per heavy atom. The molecule has 1 saturated heterocycles. The standard InChI is InChI=1S/C19H26N4O/c1-22-15-20-21-18(22)12-13-19(24)23-14-6-5-9-17(23)11-10-16-7-3-2-4-8-16/h2-4,7-8,15,17H,5-6,9-14H2,1H3/t17-/m1/s1. The van der Waals surface area contributed by atoms with Gasteiger partial charge in [0.25, 0.3) is 0 Å². The quantitative estimate of drug-likeness (QED) is 0.820. The van der Waals surface area contributed by atoms with Crippen LogP contribution in [-0.4, -0.2) is 38.2 Å². The summed E-state index contributed by atoms with van der Waals surface area (Å²) >= 11 is 0. The third-order valence-electron chi connectivity index (χ3n) is 4.92. The predicted molar refractivity (Wildman–Crippen MR) is 93.4 cm³/mol. The lowest BCUT2D eigenvalue weighted by molar-refractivity contribution is -0.135. The fourth-order valence-corrected chi connectivity index (χ4v) is 3.50. The van der Waals surface area contributed by atoms with Crippen LogP contribution in [0.3, 0.4) is 0 Å². The summed E-state index contributed by atoms with van der Waals surface area (Å²) in [6.07, 6.45) is 8.44. The van der Waals surface area contributed by atoms with Gasteiger partial charge in [0.2, 0.25) is 5.91 Å². The van der Waals surface area contributed by atoms with Crippen molar-refractivity contribution in [2.24, 2.45) is 7.05 Å². The molecule has 0 N–H and O–H groups in total. The van der Waals surface area contributed by atoms with Crippen LogP contribution in [0.5, 0.6) is 0 Å². The predicted octanol–water partition coefficient (Wildman–Crippen LogP) is 2.76. The first kappa shape index (κ1) is 16.7. The molecule has 3 rings (SSSR count). The van der Waals surface area contributed by atoms with Crippen molar-refractivity contribution >= 4 is 5.91 Å². The monoisotopic (exact) mass is 326 g/mol. The zero-order valence-electron chi connectivity index (χ0n) is 14.4. The topological polar surface area (TPSA) is 51.0 Å². The zero-order valence-corrected chi connectivity index (χ0v) is 14.4. The molecule has 0 spiro atoms. The lowest BCUT2D eigenvalue weighted by atomic mass is 9.95. The minimum absolute atomic E-state index is 0.260. The molecule has 0 aliphatic carbocycles. The number of hydrogen-bond donors (Lipinski definition) is 0. The van der Waals surface area contributed by atoms with Crippen molar-refractivity contribution in [3.63, 3.8) is 0 Å². The SMILES string of the molecule is Cn1cnnc1CCC(=O)N1CCCC[C@@H]1CCc1ccccc1. The van der Waals surface area contributed by atoms with Gasteiger partial charge in [-0.3, -0.25) is 4.79 Å². The molecule has 2 aromatic rings. The second-order valence-electron chi connectivity index (χ2n) is 6.62. The Kier molecular flexibility index (Phi) is 5.62. The highest BCUT2D eigenvalue weighted by molar-refractivity contribution is 5.76. The number of likely N-dealkylation sites (tertiary alicyclic amines) is 1. The van der Waals surface area contributed by atoms with E-state index >= 15 is 0 Å². The second-order valence-corrected chi connectivity index (χ2v) is 6.62. The van der Waals surface area contributed by atoms with E-state index in [-0.39, 0.29) is 5.91 Å². The Morgan fingerprint density at radius 3 is 2.79 bits per heavy atom. The van der Waals surface area contributed by atoms with Crippen LogP contribution in [0.1, 0.15) is 43.5 Å². The maximum absolute atomic E-state index is 12.7. The van der Waals surface area contributed by atoms with E-state index in [0.29, 0.717) is 18.9 Å². The molecule has 1 aliphatic heterocycles. The summed E-state index contributed by atoms with van der Waals surface area (Å²) in [7, 11) is 1.92. The van der Waals surface area contributed by atoms with Gasteiger partial charge >= 0.3 is 0 Å². The first-order valence-electron chi connectivity index (χ1n) is 8.90. The summed E-state index contributed by atoms with van der Waals surface area (Å²) < 4.78 is 1.89. The number of aryl methyl sites for hydroxylation is 3. The summed E-state index contributed by atoms with van der Waals surface area (Å²) in [5, 5.41) is 7.95. The van der Waals surface area contributed by atoms with Crippen LogP contribution in [0.15, 0.2) is 36.7 Å².